The van der Waals surface area contributed by atoms with Gasteiger partial charge in [-0.15, -0.1) is 0 Å². The maximum atomic E-state index is 12.7. The Labute approximate surface area is 264 Å². The minimum atomic E-state index is -0.895. The van der Waals surface area contributed by atoms with E-state index in [1.54, 1.807) is 0 Å². The van der Waals surface area contributed by atoms with Gasteiger partial charge in [0.05, 0.1) is 11.1 Å². The third-order valence-electron chi connectivity index (χ3n) is 6.80. The van der Waals surface area contributed by atoms with Crippen molar-refractivity contribution in [3.05, 3.63) is 107 Å². The lowest BCUT2D eigenvalue weighted by atomic mass is 10.1. The molecule has 0 aliphatic rings. The van der Waals surface area contributed by atoms with Gasteiger partial charge in [-0.2, -0.15) is 0 Å². The number of benzene rings is 4. The van der Waals surface area contributed by atoms with Crippen molar-refractivity contribution in [2.75, 3.05) is 27.4 Å². The highest BCUT2D eigenvalue weighted by atomic mass is 16.6. The topological polar surface area (TPSA) is 170 Å². The molecule has 0 radical (unpaired) electrons. The van der Waals surface area contributed by atoms with E-state index in [-0.39, 0.29) is 49.1 Å². The van der Waals surface area contributed by atoms with Crippen molar-refractivity contribution in [1.29, 1.82) is 0 Å². The molecule has 0 aromatic heterocycles. The molecule has 2 atom stereocenters. The van der Waals surface area contributed by atoms with E-state index in [4.69, 9.17) is 28.4 Å². The number of carbonyl (C=O) groups excluding carboxylic acids is 2. The van der Waals surface area contributed by atoms with E-state index in [9.17, 15) is 30.0 Å². The fraction of sp³-hybridized carbons (Fsp3) is 0.235. The predicted molar refractivity (Wildman–Crippen MR) is 163 cm³/mol. The normalized spacial score (nSPS) is 12.1. The van der Waals surface area contributed by atoms with Gasteiger partial charge in [-0.25, -0.2) is 9.59 Å². The lowest BCUT2D eigenvalue weighted by Gasteiger charge is -2.24. The summed E-state index contributed by atoms with van der Waals surface area (Å²) in [7, 11) is 2.68. The second-order valence-corrected chi connectivity index (χ2v) is 9.98. The summed E-state index contributed by atoms with van der Waals surface area (Å²) in [5.74, 6) is -3.97. The number of methoxy groups -OCH3 is 2. The van der Waals surface area contributed by atoms with Crippen LogP contribution in [-0.2, 0) is 32.2 Å². The van der Waals surface area contributed by atoms with Crippen molar-refractivity contribution >= 4 is 11.9 Å². The molecule has 0 aliphatic heterocycles. The van der Waals surface area contributed by atoms with E-state index >= 15 is 0 Å². The Morgan fingerprint density at radius 1 is 0.565 bits per heavy atom. The molecule has 0 amide bonds. The van der Waals surface area contributed by atoms with E-state index in [0.717, 1.165) is 35.4 Å². The monoisotopic (exact) mass is 634 g/mol. The molecule has 46 heavy (non-hydrogen) atoms. The number of hydrogen-bond acceptors (Lipinski definition) is 12. The zero-order valence-corrected chi connectivity index (χ0v) is 25.1. The number of hydrogen-bond donors (Lipinski definition) is 4. The van der Waals surface area contributed by atoms with Crippen molar-refractivity contribution in [2.45, 2.75) is 25.4 Å². The molecule has 0 spiro atoms. The molecular formula is C34H34O12. The first kappa shape index (κ1) is 33.4. The Morgan fingerprint density at radius 3 is 1.20 bits per heavy atom. The maximum absolute atomic E-state index is 12.7. The van der Waals surface area contributed by atoms with Gasteiger partial charge >= 0.3 is 11.9 Å². The highest BCUT2D eigenvalue weighted by Crippen LogP contribution is 2.39. The number of aromatic hydroxyl groups is 4. The lowest BCUT2D eigenvalue weighted by molar-refractivity contribution is -0.0862. The first-order valence-electron chi connectivity index (χ1n) is 14.0. The van der Waals surface area contributed by atoms with Gasteiger partial charge in [-0.3, -0.25) is 0 Å². The fourth-order valence-corrected chi connectivity index (χ4v) is 4.32. The average Bonchev–Trinajstić information content (AvgIpc) is 3.06. The molecule has 0 aliphatic carbocycles. The molecule has 0 bridgehead atoms. The molecule has 242 valence electrons. The van der Waals surface area contributed by atoms with E-state index < -0.39 is 47.1 Å². The lowest BCUT2D eigenvalue weighted by Crippen LogP contribution is -2.38. The quantitative estimate of drug-likeness (QED) is 0.133. The van der Waals surface area contributed by atoms with Crippen LogP contribution >= 0.6 is 0 Å². The smallest absolute Gasteiger partial charge is 0.338 e. The van der Waals surface area contributed by atoms with Gasteiger partial charge in [0.15, 0.2) is 23.0 Å². The van der Waals surface area contributed by atoms with Crippen LogP contribution < -0.4 is 9.47 Å². The van der Waals surface area contributed by atoms with Crippen LogP contribution in [0.2, 0.25) is 0 Å². The molecule has 0 fully saturated rings. The Hall–Kier alpha value is -5.46. The Balaban J connectivity index is 1.31. The molecular weight excluding hydrogens is 600 g/mol. The first-order chi connectivity index (χ1) is 22.2. The largest absolute Gasteiger partial charge is 0.504 e. The third kappa shape index (κ3) is 8.80. The van der Waals surface area contributed by atoms with Crippen LogP contribution in [0.5, 0.6) is 34.5 Å². The van der Waals surface area contributed by atoms with Gasteiger partial charge in [-0.05, 0) is 35.4 Å². The zero-order valence-electron chi connectivity index (χ0n) is 25.1. The fourth-order valence-electron chi connectivity index (χ4n) is 4.32. The number of carbonyl (C=O) groups is 2. The molecule has 0 saturated carbocycles. The highest BCUT2D eigenvalue weighted by molar-refractivity contribution is 5.91. The Kier molecular flexibility index (Phi) is 11.6. The molecule has 4 N–H and O–H groups in total. The van der Waals surface area contributed by atoms with Crippen molar-refractivity contribution < 1.29 is 58.4 Å². The van der Waals surface area contributed by atoms with Gasteiger partial charge in [0.25, 0.3) is 0 Å². The van der Waals surface area contributed by atoms with Crippen molar-refractivity contribution in [3.8, 4) is 34.5 Å². The molecule has 4 aromatic rings. The molecule has 0 unspecified atom stereocenters. The van der Waals surface area contributed by atoms with Gasteiger partial charge < -0.3 is 48.8 Å². The van der Waals surface area contributed by atoms with Crippen molar-refractivity contribution in [1.82, 2.24) is 0 Å². The van der Waals surface area contributed by atoms with Crippen LogP contribution in [0.3, 0.4) is 0 Å². The highest BCUT2D eigenvalue weighted by Gasteiger charge is 2.26. The first-order valence-corrected chi connectivity index (χ1v) is 14.0. The van der Waals surface area contributed by atoms with E-state index in [2.05, 4.69) is 0 Å². The molecule has 12 heteroatoms. The van der Waals surface area contributed by atoms with Gasteiger partial charge in [0.2, 0.25) is 11.5 Å². The molecule has 4 rings (SSSR count). The average molecular weight is 635 g/mol. The Morgan fingerprint density at radius 2 is 0.891 bits per heavy atom. The van der Waals surface area contributed by atoms with E-state index in [0.29, 0.717) is 0 Å². The summed E-state index contributed by atoms with van der Waals surface area (Å²) < 4.78 is 32.4. The number of phenols is 4. The maximum Gasteiger partial charge on any atom is 0.338 e. The minimum absolute atomic E-state index is 0.0844. The van der Waals surface area contributed by atoms with Gasteiger partial charge in [-0.1, -0.05) is 60.7 Å². The molecule has 12 nitrogen and oxygen atoms in total. The predicted octanol–water partition coefficient (Wildman–Crippen LogP) is 4.71. The summed E-state index contributed by atoms with van der Waals surface area (Å²) in [6.45, 7) is -0.509. The summed E-state index contributed by atoms with van der Waals surface area (Å²) in [4.78, 5) is 25.4. The standard InChI is InChI=1S/C34H34O12/c1-41-29(19-45-33(39)23-13-25(35)31(26(36)14-23)43-17-21-9-5-3-6-10-21)30(42-2)20-46-34(40)24-15-27(37)32(28(38)16-24)44-18-22-11-7-4-8-12-22/h3-16,29-30,35-38H,17-20H2,1-2H3/t29-,30-/m0/s1. The third-order valence-corrected chi connectivity index (χ3v) is 6.80. The SMILES string of the molecule is CO[C@@H](COC(=O)c1cc(O)c(OCc2ccccc2)c(O)c1)[C@H](COC(=O)c1cc(O)c(OCc2ccccc2)c(O)c1)OC. The van der Waals surface area contributed by atoms with Crippen LogP contribution in [0.15, 0.2) is 84.9 Å². The summed E-state index contributed by atoms with van der Waals surface area (Å²) in [6, 6.07) is 22.6. The number of ether oxygens (including phenoxy) is 6. The summed E-state index contributed by atoms with van der Waals surface area (Å²) >= 11 is 0. The summed E-state index contributed by atoms with van der Waals surface area (Å²) in [5, 5.41) is 41.5. The number of esters is 2. The zero-order chi connectivity index (χ0) is 33.1. The van der Waals surface area contributed by atoms with Gasteiger partial charge in [0, 0.05) is 14.2 Å². The van der Waals surface area contributed by atoms with E-state index in [1.807, 2.05) is 60.7 Å². The number of rotatable bonds is 15. The van der Waals surface area contributed by atoms with E-state index in [1.165, 1.54) is 14.2 Å². The Bertz CT molecular complexity index is 1440. The van der Waals surface area contributed by atoms with Crippen molar-refractivity contribution in [2.24, 2.45) is 0 Å². The van der Waals surface area contributed by atoms with Crippen LogP contribution in [-0.4, -0.2) is 72.0 Å². The van der Waals surface area contributed by atoms with Gasteiger partial charge in [0.1, 0.15) is 38.6 Å². The second kappa shape index (κ2) is 16.0. The van der Waals surface area contributed by atoms with Crippen LogP contribution in [0, 0.1) is 0 Å². The summed E-state index contributed by atoms with van der Waals surface area (Å²) in [5.41, 5.74) is 1.33. The molecule has 0 heterocycles. The van der Waals surface area contributed by atoms with Crippen molar-refractivity contribution in [3.63, 3.8) is 0 Å². The van der Waals surface area contributed by atoms with Crippen LogP contribution in [0.4, 0.5) is 0 Å². The second-order valence-electron chi connectivity index (χ2n) is 9.98. The molecule has 4 aromatic carbocycles. The minimum Gasteiger partial charge on any atom is -0.504 e. The summed E-state index contributed by atoms with van der Waals surface area (Å²) in [6.07, 6.45) is -1.79. The van der Waals surface area contributed by atoms with Crippen LogP contribution in [0.1, 0.15) is 31.8 Å². The molecule has 0 saturated heterocycles. The van der Waals surface area contributed by atoms with Crippen LogP contribution in [0.25, 0.3) is 0 Å². The number of phenolic OH excluding ortho intramolecular Hbond substituents is 4.